The number of nitrogen functional groups attached to an aromatic ring is 1. The van der Waals surface area contributed by atoms with Gasteiger partial charge in [-0.3, -0.25) is 4.79 Å². The first-order valence-electron chi connectivity index (χ1n) is 8.16. The summed E-state index contributed by atoms with van der Waals surface area (Å²) >= 11 is 1.54. The average Bonchev–Trinajstić information content (AvgIpc) is 3.15. The molecule has 3 unspecified atom stereocenters. The van der Waals surface area contributed by atoms with Crippen LogP contribution in [-0.4, -0.2) is 36.5 Å². The van der Waals surface area contributed by atoms with Gasteiger partial charge in [-0.1, -0.05) is 12.1 Å². The Labute approximate surface area is 140 Å². The first-order valence-corrected chi connectivity index (χ1v) is 8.98. The Balaban J connectivity index is 1.44. The fraction of sp³-hybridized carbons (Fsp3) is 0.389. The van der Waals surface area contributed by atoms with Gasteiger partial charge >= 0.3 is 0 Å². The molecule has 0 radical (unpaired) electrons. The minimum atomic E-state index is 0.0594. The number of rotatable bonds is 3. The number of piperidine rings is 1. The molecule has 1 amide bonds. The molecule has 3 heterocycles. The molecular weight excluding hydrogens is 306 g/mol. The lowest BCUT2D eigenvalue weighted by molar-refractivity contribution is 0.0913. The fourth-order valence-electron chi connectivity index (χ4n) is 3.68. The second-order valence-electron chi connectivity index (χ2n) is 6.61. The van der Waals surface area contributed by atoms with Gasteiger partial charge in [0.25, 0.3) is 5.91 Å². The van der Waals surface area contributed by atoms with Crippen molar-refractivity contribution in [3.8, 4) is 10.4 Å². The van der Waals surface area contributed by atoms with E-state index < -0.39 is 0 Å². The van der Waals surface area contributed by atoms with Gasteiger partial charge in [0.05, 0.1) is 4.88 Å². The lowest BCUT2D eigenvalue weighted by Crippen LogP contribution is -2.46. The van der Waals surface area contributed by atoms with Gasteiger partial charge in [-0.15, -0.1) is 11.3 Å². The number of carbonyl (C=O) groups excluding carboxylic acids is 1. The number of fused-ring (bicyclic) bond motifs is 2. The molecule has 3 N–H and O–H groups in total. The Kier molecular flexibility index (Phi) is 3.83. The second-order valence-corrected chi connectivity index (χ2v) is 7.69. The maximum absolute atomic E-state index is 12.5. The third-order valence-corrected chi connectivity index (χ3v) is 5.96. The summed E-state index contributed by atoms with van der Waals surface area (Å²) in [5.74, 6) is 0.826. The third kappa shape index (κ3) is 3.12. The van der Waals surface area contributed by atoms with Crippen LogP contribution in [-0.2, 0) is 0 Å². The number of nitrogens with zero attached hydrogens (tertiary/aromatic N) is 1. The van der Waals surface area contributed by atoms with Crippen LogP contribution in [0.2, 0.25) is 0 Å². The molecule has 120 valence electrons. The van der Waals surface area contributed by atoms with Crippen LogP contribution in [0, 0.1) is 5.92 Å². The van der Waals surface area contributed by atoms with Crippen molar-refractivity contribution in [2.24, 2.45) is 5.92 Å². The van der Waals surface area contributed by atoms with Crippen molar-refractivity contribution in [3.63, 3.8) is 0 Å². The van der Waals surface area contributed by atoms with E-state index in [-0.39, 0.29) is 5.91 Å². The van der Waals surface area contributed by atoms with Gasteiger partial charge < -0.3 is 16.0 Å². The number of hydrogen-bond donors (Lipinski definition) is 2. The molecule has 5 heteroatoms. The Morgan fingerprint density at radius 3 is 2.78 bits per heavy atom. The maximum atomic E-state index is 12.5. The van der Waals surface area contributed by atoms with Crippen LogP contribution in [0.3, 0.4) is 0 Å². The zero-order chi connectivity index (χ0) is 15.8. The highest BCUT2D eigenvalue weighted by Gasteiger charge is 2.33. The van der Waals surface area contributed by atoms with Crippen LogP contribution in [0.4, 0.5) is 5.69 Å². The molecule has 2 aliphatic rings. The molecule has 0 saturated carbocycles. The van der Waals surface area contributed by atoms with Crippen molar-refractivity contribution in [1.29, 1.82) is 0 Å². The van der Waals surface area contributed by atoms with E-state index in [1.165, 1.54) is 30.8 Å². The number of hydrogen-bond acceptors (Lipinski definition) is 4. The van der Waals surface area contributed by atoms with Crippen molar-refractivity contribution < 1.29 is 4.79 Å². The smallest absolute Gasteiger partial charge is 0.261 e. The number of nitrogens with two attached hydrogens (primary N) is 1. The van der Waals surface area contributed by atoms with Gasteiger partial charge in [-0.05, 0) is 55.1 Å². The predicted molar refractivity (Wildman–Crippen MR) is 94.6 cm³/mol. The van der Waals surface area contributed by atoms with Crippen molar-refractivity contribution >= 4 is 22.9 Å². The Morgan fingerprint density at radius 1 is 1.17 bits per heavy atom. The van der Waals surface area contributed by atoms with Crippen LogP contribution >= 0.6 is 11.3 Å². The molecule has 1 aromatic carbocycles. The van der Waals surface area contributed by atoms with Crippen molar-refractivity contribution in [2.75, 3.05) is 25.4 Å². The van der Waals surface area contributed by atoms with Crippen molar-refractivity contribution in [2.45, 2.75) is 18.9 Å². The number of benzene rings is 1. The lowest BCUT2D eigenvalue weighted by atomic mass is 9.97. The van der Waals surface area contributed by atoms with E-state index >= 15 is 0 Å². The normalized spacial score (nSPS) is 26.2. The first-order chi connectivity index (χ1) is 11.2. The van der Waals surface area contributed by atoms with E-state index in [9.17, 15) is 4.79 Å². The first kappa shape index (κ1) is 14.7. The molecule has 4 nitrogen and oxygen atoms in total. The van der Waals surface area contributed by atoms with Gasteiger partial charge in [-0.25, -0.2) is 0 Å². The minimum Gasteiger partial charge on any atom is -0.399 e. The van der Waals surface area contributed by atoms with Crippen molar-refractivity contribution in [3.05, 3.63) is 41.3 Å². The van der Waals surface area contributed by atoms with E-state index in [1.54, 1.807) is 0 Å². The molecule has 2 saturated heterocycles. The number of nitrogens with one attached hydrogen (secondary N) is 1. The number of carbonyl (C=O) groups is 1. The van der Waals surface area contributed by atoms with Crippen LogP contribution in [0.25, 0.3) is 10.4 Å². The van der Waals surface area contributed by atoms with Gasteiger partial charge in [0, 0.05) is 29.7 Å². The molecule has 2 fully saturated rings. The second kappa shape index (κ2) is 5.98. The molecule has 23 heavy (non-hydrogen) atoms. The van der Waals surface area contributed by atoms with E-state index in [0.717, 1.165) is 39.9 Å². The van der Waals surface area contributed by atoms with Gasteiger partial charge in [0.15, 0.2) is 0 Å². The maximum Gasteiger partial charge on any atom is 0.261 e. The highest BCUT2D eigenvalue weighted by Crippen LogP contribution is 2.30. The predicted octanol–water partition coefficient (Wildman–Crippen LogP) is 2.82. The summed E-state index contributed by atoms with van der Waals surface area (Å²) < 4.78 is 0. The molecule has 2 bridgehead atoms. The summed E-state index contributed by atoms with van der Waals surface area (Å²) in [6, 6.07) is 12.0. The summed E-state index contributed by atoms with van der Waals surface area (Å²) in [6.45, 7) is 3.41. The standard InChI is InChI=1S/C18H21N3OS/c19-14-3-1-13(2-4-14)16-5-6-17(23-16)18(22)20-15-9-12-7-8-21(10-12)11-15/h1-6,12,15H,7-11,19H2,(H,20,22). The molecule has 0 aliphatic carbocycles. The number of anilines is 1. The summed E-state index contributed by atoms with van der Waals surface area (Å²) in [5, 5.41) is 3.22. The molecule has 2 aromatic rings. The topological polar surface area (TPSA) is 58.4 Å². The summed E-state index contributed by atoms with van der Waals surface area (Å²) in [6.07, 6.45) is 2.41. The van der Waals surface area contributed by atoms with Crippen LogP contribution in [0.5, 0.6) is 0 Å². The third-order valence-electron chi connectivity index (χ3n) is 4.83. The van der Waals surface area contributed by atoms with E-state index in [1.807, 2.05) is 36.4 Å². The number of amides is 1. The van der Waals surface area contributed by atoms with Crippen LogP contribution < -0.4 is 11.1 Å². The number of thiophene rings is 1. The zero-order valence-corrected chi connectivity index (χ0v) is 13.8. The molecule has 3 atom stereocenters. The van der Waals surface area contributed by atoms with Crippen LogP contribution in [0.15, 0.2) is 36.4 Å². The van der Waals surface area contributed by atoms with Crippen molar-refractivity contribution in [1.82, 2.24) is 10.2 Å². The monoisotopic (exact) mass is 327 g/mol. The van der Waals surface area contributed by atoms with Crippen LogP contribution in [0.1, 0.15) is 22.5 Å². The highest BCUT2D eigenvalue weighted by atomic mass is 32.1. The Morgan fingerprint density at radius 2 is 2.00 bits per heavy atom. The zero-order valence-electron chi connectivity index (χ0n) is 13.0. The molecule has 2 aliphatic heterocycles. The minimum absolute atomic E-state index is 0.0594. The quantitative estimate of drug-likeness (QED) is 0.852. The van der Waals surface area contributed by atoms with E-state index in [2.05, 4.69) is 10.2 Å². The lowest BCUT2D eigenvalue weighted by Gasteiger charge is -2.30. The Bertz CT molecular complexity index is 697. The van der Waals surface area contributed by atoms with Gasteiger partial charge in [0.1, 0.15) is 0 Å². The molecular formula is C18H21N3OS. The molecule has 4 rings (SSSR count). The van der Waals surface area contributed by atoms with E-state index in [4.69, 9.17) is 5.73 Å². The average molecular weight is 327 g/mol. The van der Waals surface area contributed by atoms with Gasteiger partial charge in [0.2, 0.25) is 0 Å². The van der Waals surface area contributed by atoms with E-state index in [0.29, 0.717) is 6.04 Å². The highest BCUT2D eigenvalue weighted by molar-refractivity contribution is 7.17. The summed E-state index contributed by atoms with van der Waals surface area (Å²) in [4.78, 5) is 16.9. The molecule has 1 aromatic heterocycles. The molecule has 0 spiro atoms. The SMILES string of the molecule is Nc1ccc(-c2ccc(C(=O)NC3CC4CCN(C4)C3)s2)cc1. The largest absolute Gasteiger partial charge is 0.399 e. The van der Waals surface area contributed by atoms with Gasteiger partial charge in [-0.2, -0.15) is 0 Å². The summed E-state index contributed by atoms with van der Waals surface area (Å²) in [7, 11) is 0. The fourth-order valence-corrected chi connectivity index (χ4v) is 4.60. The Hall–Kier alpha value is -1.85. The summed E-state index contributed by atoms with van der Waals surface area (Å²) in [5.41, 5.74) is 7.58.